The normalized spacial score (nSPS) is 12.5. The molecule has 4 heterocycles. The molecule has 170 valence electrons. The molecule has 1 atom stereocenters. The predicted molar refractivity (Wildman–Crippen MR) is 119 cm³/mol. The molecule has 12 heteroatoms. The number of rotatable bonds is 7. The number of fused-ring (bicyclic) bond motifs is 1. The Hall–Kier alpha value is -3.70. The highest BCUT2D eigenvalue weighted by molar-refractivity contribution is 6.33. The van der Waals surface area contributed by atoms with Gasteiger partial charge in [0.2, 0.25) is 0 Å². The van der Waals surface area contributed by atoms with Gasteiger partial charge in [0.15, 0.2) is 17.5 Å². The summed E-state index contributed by atoms with van der Waals surface area (Å²) in [4.78, 5) is 13.0. The third-order valence-corrected chi connectivity index (χ3v) is 5.87. The highest BCUT2D eigenvalue weighted by atomic mass is 35.5. The van der Waals surface area contributed by atoms with Gasteiger partial charge in [0.05, 0.1) is 37.6 Å². The molecule has 0 radical (unpaired) electrons. The molecule has 33 heavy (non-hydrogen) atoms. The van der Waals surface area contributed by atoms with Crippen LogP contribution < -0.4 is 4.74 Å². The number of hydrogen-bond acceptors (Lipinski definition) is 6. The molecular formula is C21H20ClFN8O2. The number of halogens is 2. The molecule has 0 unspecified atom stereocenters. The summed E-state index contributed by atoms with van der Waals surface area (Å²) in [6.07, 6.45) is 10.2. The highest BCUT2D eigenvalue weighted by Crippen LogP contribution is 2.41. The van der Waals surface area contributed by atoms with Crippen LogP contribution in [0, 0.1) is 5.82 Å². The Bertz CT molecular complexity index is 1410. The zero-order valence-corrected chi connectivity index (χ0v) is 18.8. The first-order valence-electron chi connectivity index (χ1n) is 9.96. The van der Waals surface area contributed by atoms with E-state index in [1.54, 1.807) is 60.6 Å². The highest BCUT2D eigenvalue weighted by Gasteiger charge is 2.27. The lowest BCUT2D eigenvalue weighted by Gasteiger charge is -2.14. The monoisotopic (exact) mass is 470 g/mol. The van der Waals surface area contributed by atoms with E-state index in [-0.39, 0.29) is 16.8 Å². The Morgan fingerprint density at radius 3 is 2.64 bits per heavy atom. The van der Waals surface area contributed by atoms with Crippen LogP contribution in [0.25, 0.3) is 28.1 Å². The van der Waals surface area contributed by atoms with E-state index in [0.29, 0.717) is 40.5 Å². The Labute approximate surface area is 192 Å². The molecule has 0 fully saturated rings. The van der Waals surface area contributed by atoms with Crippen molar-refractivity contribution in [2.24, 2.45) is 7.05 Å². The van der Waals surface area contributed by atoms with Crippen LogP contribution in [0.2, 0.25) is 5.02 Å². The van der Waals surface area contributed by atoms with Crippen LogP contribution in [0.1, 0.15) is 11.9 Å². The Morgan fingerprint density at radius 1 is 1.18 bits per heavy atom. The van der Waals surface area contributed by atoms with E-state index in [9.17, 15) is 0 Å². The van der Waals surface area contributed by atoms with Crippen LogP contribution in [0.15, 0.2) is 43.5 Å². The largest absolute Gasteiger partial charge is 0.495 e. The second-order valence-corrected chi connectivity index (χ2v) is 7.73. The zero-order valence-electron chi connectivity index (χ0n) is 18.0. The lowest BCUT2D eigenvalue weighted by molar-refractivity contribution is 0.166. The fraction of sp³-hybridized carbons (Fsp3) is 0.238. The summed E-state index contributed by atoms with van der Waals surface area (Å²) < 4.78 is 31.4. The molecule has 0 spiro atoms. The lowest BCUT2D eigenvalue weighted by Crippen LogP contribution is -2.16. The minimum absolute atomic E-state index is 0.0923. The number of aromatic nitrogens is 8. The Kier molecular flexibility index (Phi) is 5.35. The van der Waals surface area contributed by atoms with Crippen molar-refractivity contribution in [3.8, 4) is 23.0 Å². The molecule has 1 N–H and O–H groups in total. The van der Waals surface area contributed by atoms with E-state index in [1.807, 2.05) is 10.8 Å². The second-order valence-electron chi connectivity index (χ2n) is 7.35. The van der Waals surface area contributed by atoms with E-state index in [2.05, 4.69) is 20.2 Å². The summed E-state index contributed by atoms with van der Waals surface area (Å²) in [5, 5.41) is 7.94. The summed E-state index contributed by atoms with van der Waals surface area (Å²) in [6.45, 7) is 0.357. The maximum Gasteiger partial charge on any atom is 0.200 e. The minimum atomic E-state index is -0.590. The van der Waals surface area contributed by atoms with Crippen LogP contribution in [0.3, 0.4) is 0 Å². The maximum atomic E-state index is 15.3. The number of aryl methyl sites for hydroxylation is 1. The molecule has 0 saturated heterocycles. The summed E-state index contributed by atoms with van der Waals surface area (Å²) in [5.41, 5.74) is 1.53. The van der Waals surface area contributed by atoms with Crippen molar-refractivity contribution in [1.29, 1.82) is 0 Å². The molecule has 0 saturated carbocycles. The number of benzene rings is 1. The molecule has 0 aliphatic rings. The predicted octanol–water partition coefficient (Wildman–Crippen LogP) is 3.38. The second kappa shape index (κ2) is 8.34. The number of imidazole rings is 2. The smallest absolute Gasteiger partial charge is 0.200 e. The van der Waals surface area contributed by atoms with Gasteiger partial charge in [-0.2, -0.15) is 5.10 Å². The molecule has 5 rings (SSSR count). The van der Waals surface area contributed by atoms with Gasteiger partial charge in [-0.05, 0) is 6.07 Å². The summed E-state index contributed by atoms with van der Waals surface area (Å²) in [6, 6.07) is 1.43. The molecule has 10 nitrogen and oxygen atoms in total. The quantitative estimate of drug-likeness (QED) is 0.391. The van der Waals surface area contributed by atoms with E-state index in [4.69, 9.17) is 26.1 Å². The van der Waals surface area contributed by atoms with Crippen molar-refractivity contribution < 1.29 is 13.9 Å². The zero-order chi connectivity index (χ0) is 23.1. The van der Waals surface area contributed by atoms with Crippen LogP contribution in [0.5, 0.6) is 5.75 Å². The van der Waals surface area contributed by atoms with Crippen LogP contribution in [-0.4, -0.2) is 59.7 Å². The number of hydrogen-bond donors (Lipinski definition) is 1. The first-order chi connectivity index (χ1) is 16.0. The van der Waals surface area contributed by atoms with Crippen LogP contribution in [0.4, 0.5) is 4.39 Å². The SMILES string of the molecule is COC[C@@H](c1nc(-c2c(-n3ccnc3)c3cc(OC)c(Cl)c(F)c3n2C)n[nH]1)n1ccnc1. The van der Waals surface area contributed by atoms with Gasteiger partial charge in [0.25, 0.3) is 0 Å². The Balaban J connectivity index is 1.75. The van der Waals surface area contributed by atoms with Crippen LogP contribution >= 0.6 is 11.6 Å². The van der Waals surface area contributed by atoms with Crippen molar-refractivity contribution in [2.75, 3.05) is 20.8 Å². The van der Waals surface area contributed by atoms with Gasteiger partial charge in [-0.3, -0.25) is 5.10 Å². The average Bonchev–Trinajstić information content (AvgIpc) is 3.61. The first-order valence-corrected chi connectivity index (χ1v) is 10.3. The van der Waals surface area contributed by atoms with Gasteiger partial charge in [0, 0.05) is 44.3 Å². The van der Waals surface area contributed by atoms with Crippen molar-refractivity contribution in [2.45, 2.75) is 6.04 Å². The number of H-pyrrole nitrogens is 1. The van der Waals surface area contributed by atoms with Crippen molar-refractivity contribution >= 4 is 22.5 Å². The van der Waals surface area contributed by atoms with Crippen LogP contribution in [-0.2, 0) is 11.8 Å². The van der Waals surface area contributed by atoms with E-state index >= 15 is 4.39 Å². The molecule has 0 aliphatic heterocycles. The summed E-state index contributed by atoms with van der Waals surface area (Å²) >= 11 is 6.22. The van der Waals surface area contributed by atoms with Crippen molar-refractivity contribution in [3.05, 3.63) is 60.2 Å². The third kappa shape index (κ3) is 3.36. The molecule has 5 aromatic rings. The fourth-order valence-electron chi connectivity index (χ4n) is 4.00. The van der Waals surface area contributed by atoms with Gasteiger partial charge < -0.3 is 23.2 Å². The molecule has 1 aromatic carbocycles. The van der Waals surface area contributed by atoms with Crippen molar-refractivity contribution in [3.63, 3.8) is 0 Å². The van der Waals surface area contributed by atoms with E-state index in [0.717, 1.165) is 0 Å². The summed E-state index contributed by atoms with van der Waals surface area (Å²) in [5.74, 6) is 0.592. The minimum Gasteiger partial charge on any atom is -0.495 e. The lowest BCUT2D eigenvalue weighted by atomic mass is 10.2. The molecular weight excluding hydrogens is 451 g/mol. The molecule has 0 aliphatic carbocycles. The van der Waals surface area contributed by atoms with E-state index < -0.39 is 5.82 Å². The first kappa shape index (κ1) is 21.2. The number of nitrogens with one attached hydrogen (secondary N) is 1. The molecule has 0 amide bonds. The fourth-order valence-corrected chi connectivity index (χ4v) is 4.23. The van der Waals surface area contributed by atoms with Gasteiger partial charge in [-0.15, -0.1) is 0 Å². The van der Waals surface area contributed by atoms with Gasteiger partial charge in [0.1, 0.15) is 22.5 Å². The maximum absolute atomic E-state index is 15.3. The van der Waals surface area contributed by atoms with Crippen molar-refractivity contribution in [1.82, 2.24) is 38.9 Å². The number of methoxy groups -OCH3 is 2. The molecule has 0 bridgehead atoms. The average molecular weight is 471 g/mol. The molecule has 4 aromatic heterocycles. The number of nitrogens with zero attached hydrogens (tertiary/aromatic N) is 7. The van der Waals surface area contributed by atoms with Gasteiger partial charge in [-0.25, -0.2) is 19.3 Å². The van der Waals surface area contributed by atoms with Gasteiger partial charge in [-0.1, -0.05) is 11.6 Å². The third-order valence-electron chi connectivity index (χ3n) is 5.52. The Morgan fingerprint density at radius 2 is 1.97 bits per heavy atom. The number of ether oxygens (including phenoxy) is 2. The van der Waals surface area contributed by atoms with Gasteiger partial charge >= 0.3 is 0 Å². The standard InChI is InChI=1S/C21H20ClFN8O2/c1-29-17-12(8-14(33-3)15(22)16(17)23)18(31-7-5-25-11-31)19(29)21-26-20(27-28-21)13(9-32-2)30-6-4-24-10-30/h4-8,10-11,13H,9H2,1-3H3,(H,26,27,28)/t13-/m0/s1. The topological polar surface area (TPSA) is 101 Å². The number of aromatic amines is 1. The summed E-state index contributed by atoms with van der Waals surface area (Å²) in [7, 11) is 4.80. The van der Waals surface area contributed by atoms with E-state index in [1.165, 1.54) is 7.11 Å².